The summed E-state index contributed by atoms with van der Waals surface area (Å²) in [4.78, 5) is 14.9. The molecule has 1 saturated carbocycles. The van der Waals surface area contributed by atoms with E-state index in [4.69, 9.17) is 5.73 Å². The van der Waals surface area contributed by atoms with Crippen LogP contribution in [0.15, 0.2) is 42.5 Å². The van der Waals surface area contributed by atoms with Gasteiger partial charge in [0.05, 0.1) is 0 Å². The van der Waals surface area contributed by atoms with E-state index in [1.807, 2.05) is 0 Å². The third-order valence-corrected chi connectivity index (χ3v) is 5.90. The summed E-state index contributed by atoms with van der Waals surface area (Å²) in [7, 11) is 0. The molecule has 1 aliphatic carbocycles. The summed E-state index contributed by atoms with van der Waals surface area (Å²) in [6.07, 6.45) is 3.11. The lowest BCUT2D eigenvalue weighted by atomic mass is 9.90. The molecule has 3 unspecified atom stereocenters. The smallest absolute Gasteiger partial charge is 0.226 e. The Bertz CT molecular complexity index is 752. The second kappa shape index (κ2) is 7.35. The summed E-state index contributed by atoms with van der Waals surface area (Å²) >= 11 is 0. The summed E-state index contributed by atoms with van der Waals surface area (Å²) in [5.41, 5.74) is 7.32. The average Bonchev–Trinajstić information content (AvgIpc) is 3.41. The molecule has 1 heterocycles. The van der Waals surface area contributed by atoms with E-state index in [1.54, 1.807) is 0 Å². The number of fused-ring (bicyclic) bond motifs is 1. The van der Waals surface area contributed by atoms with Crippen molar-refractivity contribution in [3.8, 4) is 0 Å². The van der Waals surface area contributed by atoms with Gasteiger partial charge >= 0.3 is 0 Å². The molecular weight excluding hydrogens is 332 g/mol. The lowest BCUT2D eigenvalue weighted by molar-refractivity contribution is -0.134. The molecule has 2 aromatic rings. The topological polar surface area (TPSA) is 46.3 Å². The van der Waals surface area contributed by atoms with E-state index in [0.29, 0.717) is 17.7 Å². The van der Waals surface area contributed by atoms with Crippen LogP contribution in [-0.4, -0.2) is 29.9 Å². The van der Waals surface area contributed by atoms with E-state index in [1.165, 1.54) is 16.3 Å². The summed E-state index contributed by atoms with van der Waals surface area (Å²) in [5, 5.41) is 2.54. The van der Waals surface area contributed by atoms with Gasteiger partial charge in [-0.3, -0.25) is 4.79 Å². The van der Waals surface area contributed by atoms with E-state index in [0.717, 1.165) is 32.4 Å². The second-order valence-electron chi connectivity index (χ2n) is 7.58. The number of likely N-dealkylation sites (tertiary alicyclic amines) is 1. The zero-order valence-electron chi connectivity index (χ0n) is 14.7. The Morgan fingerprint density at radius 2 is 1.80 bits per heavy atom. The van der Waals surface area contributed by atoms with E-state index < -0.39 is 0 Å². The molecule has 0 spiro atoms. The summed E-state index contributed by atoms with van der Waals surface area (Å²) < 4.78 is 0. The van der Waals surface area contributed by atoms with Gasteiger partial charge in [0.2, 0.25) is 5.91 Å². The van der Waals surface area contributed by atoms with Crippen LogP contribution in [-0.2, 0) is 4.79 Å². The number of hydrogen-bond donors (Lipinski definition) is 1. The molecule has 3 atom stereocenters. The molecule has 0 radical (unpaired) electrons. The standard InChI is InChI=1S/C21H26N2O.ClH/c1-14(22)15-8-10-23(11-9-15)21(24)20-13-19(20)18-7-6-16-4-2-3-5-17(16)12-18;/h2-7,12,14-15,19-20H,8-11,13,22H2,1H3;1H. The van der Waals surface area contributed by atoms with Crippen molar-refractivity contribution in [3.05, 3.63) is 48.0 Å². The Labute approximate surface area is 156 Å². The lowest BCUT2D eigenvalue weighted by Gasteiger charge is -2.34. The quantitative estimate of drug-likeness (QED) is 0.902. The van der Waals surface area contributed by atoms with Crippen LogP contribution in [0.1, 0.15) is 37.7 Å². The number of benzene rings is 2. The SMILES string of the molecule is CC(N)C1CCN(C(=O)C2CC2c2ccc3ccccc3c2)CC1.Cl. The predicted octanol–water partition coefficient (Wildman–Crippen LogP) is 3.95. The zero-order valence-corrected chi connectivity index (χ0v) is 15.5. The van der Waals surface area contributed by atoms with Gasteiger partial charge in [0.1, 0.15) is 0 Å². The van der Waals surface area contributed by atoms with Crippen LogP contribution in [0.3, 0.4) is 0 Å². The molecule has 0 bridgehead atoms. The number of piperidine rings is 1. The molecule has 25 heavy (non-hydrogen) atoms. The second-order valence-corrected chi connectivity index (χ2v) is 7.58. The van der Waals surface area contributed by atoms with Gasteiger partial charge in [-0.1, -0.05) is 42.5 Å². The van der Waals surface area contributed by atoms with Gasteiger partial charge in [-0.25, -0.2) is 0 Å². The minimum Gasteiger partial charge on any atom is -0.342 e. The molecule has 2 fully saturated rings. The molecule has 0 aromatic heterocycles. The van der Waals surface area contributed by atoms with Crippen LogP contribution in [0, 0.1) is 11.8 Å². The van der Waals surface area contributed by atoms with Crippen molar-refractivity contribution in [2.24, 2.45) is 17.6 Å². The van der Waals surface area contributed by atoms with Gasteiger partial charge < -0.3 is 10.6 Å². The van der Waals surface area contributed by atoms with Crippen molar-refractivity contribution in [2.45, 2.75) is 38.1 Å². The van der Waals surface area contributed by atoms with Crippen LogP contribution >= 0.6 is 12.4 Å². The third-order valence-electron chi connectivity index (χ3n) is 5.90. The number of halogens is 1. The first-order chi connectivity index (χ1) is 11.6. The van der Waals surface area contributed by atoms with Crippen LogP contribution in [0.4, 0.5) is 0 Å². The fourth-order valence-electron chi connectivity index (χ4n) is 4.15. The van der Waals surface area contributed by atoms with Crippen molar-refractivity contribution in [1.29, 1.82) is 0 Å². The number of amides is 1. The molecule has 1 aliphatic heterocycles. The highest BCUT2D eigenvalue weighted by molar-refractivity contribution is 5.86. The van der Waals surface area contributed by atoms with Gasteiger partial charge in [-0.2, -0.15) is 0 Å². The van der Waals surface area contributed by atoms with Crippen LogP contribution < -0.4 is 5.73 Å². The highest BCUT2D eigenvalue weighted by atomic mass is 35.5. The summed E-state index contributed by atoms with van der Waals surface area (Å²) in [5.74, 6) is 1.53. The molecule has 134 valence electrons. The van der Waals surface area contributed by atoms with Gasteiger partial charge in [0, 0.05) is 25.0 Å². The fraction of sp³-hybridized carbons (Fsp3) is 0.476. The molecule has 2 aromatic carbocycles. The first kappa shape index (κ1) is 18.2. The van der Waals surface area contributed by atoms with Crippen molar-refractivity contribution in [2.75, 3.05) is 13.1 Å². The molecular formula is C21H27ClN2O. The minimum absolute atomic E-state index is 0. The van der Waals surface area contributed by atoms with Crippen LogP contribution in [0.25, 0.3) is 10.8 Å². The Kier molecular flexibility index (Phi) is 5.35. The van der Waals surface area contributed by atoms with Gasteiger partial charge in [-0.05, 0) is 54.4 Å². The molecule has 4 heteroatoms. The van der Waals surface area contributed by atoms with Gasteiger partial charge in [0.15, 0.2) is 0 Å². The van der Waals surface area contributed by atoms with Crippen LogP contribution in [0.2, 0.25) is 0 Å². The normalized spacial score (nSPS) is 24.6. The number of rotatable bonds is 3. The highest BCUT2D eigenvalue weighted by Gasteiger charge is 2.46. The van der Waals surface area contributed by atoms with E-state index in [-0.39, 0.29) is 24.4 Å². The Morgan fingerprint density at radius 3 is 2.48 bits per heavy atom. The monoisotopic (exact) mass is 358 g/mol. The van der Waals surface area contributed by atoms with E-state index in [2.05, 4.69) is 54.3 Å². The maximum Gasteiger partial charge on any atom is 0.226 e. The first-order valence-corrected chi connectivity index (χ1v) is 9.16. The summed E-state index contributed by atoms with van der Waals surface area (Å²) in [6, 6.07) is 15.3. The van der Waals surface area contributed by atoms with E-state index in [9.17, 15) is 4.79 Å². The molecule has 1 amide bonds. The molecule has 3 nitrogen and oxygen atoms in total. The molecule has 4 rings (SSSR count). The van der Waals surface area contributed by atoms with Gasteiger partial charge in [-0.15, -0.1) is 12.4 Å². The Morgan fingerprint density at radius 1 is 1.12 bits per heavy atom. The Balaban J connectivity index is 0.00000182. The van der Waals surface area contributed by atoms with Crippen molar-refractivity contribution < 1.29 is 4.79 Å². The predicted molar refractivity (Wildman–Crippen MR) is 105 cm³/mol. The van der Waals surface area contributed by atoms with Crippen LogP contribution in [0.5, 0.6) is 0 Å². The van der Waals surface area contributed by atoms with Gasteiger partial charge in [0.25, 0.3) is 0 Å². The first-order valence-electron chi connectivity index (χ1n) is 9.16. The molecule has 2 N–H and O–H groups in total. The van der Waals surface area contributed by atoms with E-state index >= 15 is 0 Å². The molecule has 1 saturated heterocycles. The van der Waals surface area contributed by atoms with Crippen molar-refractivity contribution in [1.82, 2.24) is 4.90 Å². The maximum absolute atomic E-state index is 12.8. The lowest BCUT2D eigenvalue weighted by Crippen LogP contribution is -2.43. The number of carbonyl (C=O) groups excluding carboxylic acids is 1. The largest absolute Gasteiger partial charge is 0.342 e. The maximum atomic E-state index is 12.8. The number of nitrogens with zero attached hydrogens (tertiary/aromatic N) is 1. The highest BCUT2D eigenvalue weighted by Crippen LogP contribution is 2.49. The number of nitrogens with two attached hydrogens (primary N) is 1. The third kappa shape index (κ3) is 3.68. The zero-order chi connectivity index (χ0) is 16.7. The van der Waals surface area contributed by atoms with Crippen molar-refractivity contribution >= 4 is 29.1 Å². The molecule has 2 aliphatic rings. The fourth-order valence-corrected chi connectivity index (χ4v) is 4.15. The van der Waals surface area contributed by atoms with Crippen molar-refractivity contribution in [3.63, 3.8) is 0 Å². The average molecular weight is 359 g/mol. The minimum atomic E-state index is 0. The summed E-state index contributed by atoms with van der Waals surface area (Å²) in [6.45, 7) is 3.84. The number of carbonyl (C=O) groups is 1. The number of hydrogen-bond acceptors (Lipinski definition) is 2. The Hall–Kier alpha value is -1.58.